The summed E-state index contributed by atoms with van der Waals surface area (Å²) in [5.41, 5.74) is 0.965. The van der Waals surface area contributed by atoms with Gasteiger partial charge in [0.2, 0.25) is 11.8 Å². The fraction of sp³-hybridized carbons (Fsp3) is 0.340. The number of amides is 2. The highest BCUT2D eigenvalue weighted by Gasteiger charge is 2.18. The normalized spacial score (nSPS) is 10.6. The molecule has 2 amide bonds. The maximum absolute atomic E-state index is 11.9. The van der Waals surface area contributed by atoms with Crippen LogP contribution in [0.1, 0.15) is 91.9 Å². The molecule has 0 aliphatic heterocycles. The number of carbonyl (C=O) groups excluding carboxylic acids is 5. The van der Waals surface area contributed by atoms with E-state index < -0.39 is 30.3 Å². The van der Waals surface area contributed by atoms with Gasteiger partial charge in [-0.15, -0.1) is 45.3 Å². The molecule has 4 heterocycles. The third-order valence-corrected chi connectivity index (χ3v) is 12.9. The van der Waals surface area contributed by atoms with E-state index in [1.165, 1.54) is 40.0 Å². The minimum Gasteiger partial charge on any atom is -0.466 e. The van der Waals surface area contributed by atoms with Crippen molar-refractivity contribution in [3.05, 3.63) is 139 Å². The molecule has 0 saturated carbocycles. The molecular weight excluding hydrogens is 1220 g/mol. The number of thiazole rings is 4. The van der Waals surface area contributed by atoms with Gasteiger partial charge in [-0.2, -0.15) is 0 Å². The van der Waals surface area contributed by atoms with Crippen molar-refractivity contribution in [2.75, 3.05) is 19.7 Å². The second-order valence-electron chi connectivity index (χ2n) is 16.4. The largest absolute Gasteiger partial charge is 0.480 e. The van der Waals surface area contributed by atoms with Gasteiger partial charge < -0.3 is 34.9 Å². The lowest BCUT2D eigenvalue weighted by Gasteiger charge is -2.19. The number of aromatic nitrogens is 4. The van der Waals surface area contributed by atoms with Crippen LogP contribution in [0.25, 0.3) is 18.2 Å². The average Bonchev–Trinajstić information content (AvgIpc) is 4.13. The number of hydrogen-bond acceptors (Lipinski definition) is 18. The molecule has 4 aromatic heterocycles. The highest BCUT2D eigenvalue weighted by Crippen LogP contribution is 2.21. The summed E-state index contributed by atoms with van der Waals surface area (Å²) >= 11 is 15.8. The molecule has 16 nitrogen and oxygen atoms in total. The quantitative estimate of drug-likeness (QED) is 0.0426. The lowest BCUT2D eigenvalue weighted by atomic mass is 9.91. The van der Waals surface area contributed by atoms with Gasteiger partial charge in [0.25, 0.3) is 0 Å². The molecular formula is C50H62BBr3N6O10S4. The highest BCUT2D eigenvalue weighted by molar-refractivity contribution is 9.11. The van der Waals surface area contributed by atoms with Crippen molar-refractivity contribution in [3.8, 4) is 0 Å². The summed E-state index contributed by atoms with van der Waals surface area (Å²) < 4.78 is 17.9. The van der Waals surface area contributed by atoms with Gasteiger partial charge in [-0.25, -0.2) is 19.9 Å². The first-order chi connectivity index (χ1) is 34.4. The fourth-order valence-electron chi connectivity index (χ4n) is 4.89. The van der Waals surface area contributed by atoms with E-state index in [4.69, 9.17) is 24.3 Å². The Bertz CT molecular complexity index is 2630. The van der Waals surface area contributed by atoms with Gasteiger partial charge in [0.05, 0.1) is 60.8 Å². The molecule has 0 fully saturated rings. The standard InChI is InChI=1S/C19H22N2O3S.C11H15BrN2O3S.C8H9BO2.C7H8BrNO2S.C4H4BrNS.CH4/c1-19(2,3)24-18(23)13-20-16(22)11-17-21-12-15(25-17)10-9-14-7-5-4-6-8-14;1-11(2,3)17-10(16)6-13-8(15)4-9-14-5-7(12)18-9;10-9(11)7-6-8-4-2-1-3-5-8;1-2-11-7(10)3-6-9-4-5(8)12-6;1-3-6-2-4(5)7-3;/h4-10,12H,11,13H2,1-3H3,(H,20,22);5H,4,6H2,1-3H3,(H,13,15);1-7,10-11H;4H,2-3H2,1H3;2H,1H3;1H4/b10-9+;;7-6+;;;. The zero-order chi connectivity index (χ0) is 54.4. The molecule has 0 bridgehead atoms. The van der Waals surface area contributed by atoms with Crippen LogP contribution in [0.2, 0.25) is 0 Å². The smallest absolute Gasteiger partial charge is 0.466 e. The monoisotopic (exact) mass is 1280 g/mol. The van der Waals surface area contributed by atoms with Crippen molar-refractivity contribution < 1.29 is 48.2 Å². The van der Waals surface area contributed by atoms with Crippen LogP contribution >= 0.6 is 93.1 Å². The SMILES string of the molecule is C.CC(C)(C)OC(=O)CNC(=O)Cc1ncc(/C=C/c2ccccc2)s1.CC(C)(C)OC(=O)CNC(=O)Cc1ncc(Br)s1.CCOC(=O)Cc1ncc(Br)s1.Cc1ncc(Br)s1.OB(O)/C=C/c1ccccc1. The number of hydrogen-bond donors (Lipinski definition) is 4. The van der Waals surface area contributed by atoms with E-state index in [0.717, 1.165) is 37.4 Å². The summed E-state index contributed by atoms with van der Waals surface area (Å²) in [6.07, 6.45) is 13.1. The van der Waals surface area contributed by atoms with Crippen LogP contribution in [0.4, 0.5) is 0 Å². The van der Waals surface area contributed by atoms with Crippen LogP contribution in [-0.4, -0.2) is 97.7 Å². The molecule has 24 heteroatoms. The average molecular weight is 1290 g/mol. The van der Waals surface area contributed by atoms with Gasteiger partial charge in [-0.05, 0) is 120 Å². The Kier molecular flexibility index (Phi) is 32.9. The number of halogens is 3. The first-order valence-electron chi connectivity index (χ1n) is 22.1. The summed E-state index contributed by atoms with van der Waals surface area (Å²) in [7, 11) is -1.37. The third-order valence-electron chi connectivity index (χ3n) is 7.64. The van der Waals surface area contributed by atoms with Crippen molar-refractivity contribution in [1.29, 1.82) is 0 Å². The maximum atomic E-state index is 11.9. The van der Waals surface area contributed by atoms with Crippen molar-refractivity contribution in [1.82, 2.24) is 30.6 Å². The first kappa shape index (κ1) is 67.2. The maximum Gasteiger partial charge on any atom is 0.480 e. The molecule has 0 radical (unpaired) electrons. The summed E-state index contributed by atoms with van der Waals surface area (Å²) in [6, 6.07) is 19.4. The van der Waals surface area contributed by atoms with E-state index in [-0.39, 0.29) is 57.6 Å². The van der Waals surface area contributed by atoms with E-state index in [2.05, 4.69) is 78.4 Å². The van der Waals surface area contributed by atoms with Gasteiger partial charge in [0, 0.05) is 11.1 Å². The number of aryl methyl sites for hydroxylation is 1. The Balaban J connectivity index is 0.000000490. The van der Waals surface area contributed by atoms with Crippen LogP contribution in [0.5, 0.6) is 0 Å². The van der Waals surface area contributed by atoms with Crippen LogP contribution in [0.15, 0.2) is 103 Å². The van der Waals surface area contributed by atoms with Gasteiger partial charge in [0.15, 0.2) is 0 Å². The number of nitrogens with one attached hydrogen (secondary N) is 2. The molecule has 0 aliphatic carbocycles. The molecule has 0 atom stereocenters. The van der Waals surface area contributed by atoms with Crippen molar-refractivity contribution in [2.24, 2.45) is 0 Å². The number of ether oxygens (including phenoxy) is 3. The molecule has 0 unspecified atom stereocenters. The number of rotatable bonds is 15. The Morgan fingerprint density at radius 1 is 0.595 bits per heavy atom. The third kappa shape index (κ3) is 34.7. The zero-order valence-corrected chi connectivity index (χ0v) is 49.5. The van der Waals surface area contributed by atoms with E-state index >= 15 is 0 Å². The molecule has 2 aromatic carbocycles. The number of nitrogens with zero attached hydrogens (tertiary/aromatic N) is 4. The molecule has 0 spiro atoms. The Morgan fingerprint density at radius 2 is 1.01 bits per heavy atom. The number of benzene rings is 2. The van der Waals surface area contributed by atoms with Crippen LogP contribution in [-0.2, 0) is 57.4 Å². The fourth-order valence-corrected chi connectivity index (χ4v) is 9.61. The summed E-state index contributed by atoms with van der Waals surface area (Å²) in [4.78, 5) is 74.6. The van der Waals surface area contributed by atoms with E-state index in [1.54, 1.807) is 90.7 Å². The lowest BCUT2D eigenvalue weighted by Crippen LogP contribution is -2.35. The summed E-state index contributed by atoms with van der Waals surface area (Å²) in [5.74, 6) is -0.307. The lowest BCUT2D eigenvalue weighted by molar-refractivity contribution is -0.155. The molecule has 4 N–H and O–H groups in total. The Morgan fingerprint density at radius 3 is 1.39 bits per heavy atom. The second kappa shape index (κ2) is 36.2. The van der Waals surface area contributed by atoms with Gasteiger partial charge >= 0.3 is 25.0 Å². The number of carbonyl (C=O) groups is 5. The Labute approximate surface area is 475 Å². The minimum absolute atomic E-state index is 0. The molecule has 6 rings (SSSR count). The highest BCUT2D eigenvalue weighted by atomic mass is 79.9. The topological polar surface area (TPSA) is 229 Å². The predicted molar refractivity (Wildman–Crippen MR) is 310 cm³/mol. The second-order valence-corrected chi connectivity index (χ2v) is 25.2. The molecule has 74 heavy (non-hydrogen) atoms. The van der Waals surface area contributed by atoms with E-state index in [1.807, 2.05) is 79.7 Å². The van der Waals surface area contributed by atoms with E-state index in [0.29, 0.717) is 16.6 Å². The molecule has 6 aromatic rings. The van der Waals surface area contributed by atoms with Gasteiger partial charge in [0.1, 0.15) is 39.3 Å². The van der Waals surface area contributed by atoms with Crippen LogP contribution in [0, 0.1) is 6.92 Å². The minimum atomic E-state index is -1.37. The molecule has 400 valence electrons. The van der Waals surface area contributed by atoms with Crippen LogP contribution < -0.4 is 10.6 Å². The van der Waals surface area contributed by atoms with Crippen LogP contribution in [0.3, 0.4) is 0 Å². The molecule has 0 saturated heterocycles. The summed E-state index contributed by atoms with van der Waals surface area (Å²) in [6.45, 7) is 14.6. The van der Waals surface area contributed by atoms with Gasteiger partial charge in [-0.1, -0.05) is 86.2 Å². The van der Waals surface area contributed by atoms with Crippen molar-refractivity contribution >= 4 is 148 Å². The van der Waals surface area contributed by atoms with Crippen molar-refractivity contribution in [3.63, 3.8) is 0 Å². The predicted octanol–water partition coefficient (Wildman–Crippen LogP) is 10.8. The number of esters is 3. The van der Waals surface area contributed by atoms with Crippen molar-refractivity contribution in [2.45, 2.75) is 93.3 Å². The zero-order valence-electron chi connectivity index (χ0n) is 41.4. The van der Waals surface area contributed by atoms with Gasteiger partial charge in [-0.3, -0.25) is 24.0 Å². The van der Waals surface area contributed by atoms with E-state index in [9.17, 15) is 24.0 Å². The first-order valence-corrected chi connectivity index (χ1v) is 27.7. The Hall–Kier alpha value is -4.79. The molecule has 0 aliphatic rings. The summed E-state index contributed by atoms with van der Waals surface area (Å²) in [5, 5.41) is 25.3.